The largest absolute Gasteiger partial charge is 0.434 e. The minimum absolute atomic E-state index is 0.0163. The number of halogens is 4. The van der Waals surface area contributed by atoms with Gasteiger partial charge in [-0.3, -0.25) is 4.79 Å². The van der Waals surface area contributed by atoms with Crippen molar-refractivity contribution >= 4 is 27.5 Å². The van der Waals surface area contributed by atoms with Crippen LogP contribution >= 0.6 is 15.9 Å². The molecule has 0 saturated heterocycles. The van der Waals surface area contributed by atoms with Gasteiger partial charge in [0.05, 0.1) is 21.8 Å². The lowest BCUT2D eigenvalue weighted by Crippen LogP contribution is -2.31. The van der Waals surface area contributed by atoms with Gasteiger partial charge in [0.25, 0.3) is 5.91 Å². The third-order valence-electron chi connectivity index (χ3n) is 4.70. The molecule has 0 aliphatic heterocycles. The van der Waals surface area contributed by atoms with Gasteiger partial charge in [0.15, 0.2) is 11.3 Å². The second kappa shape index (κ2) is 6.33. The van der Waals surface area contributed by atoms with E-state index >= 15 is 0 Å². The second-order valence-corrected chi connectivity index (χ2v) is 7.21. The lowest BCUT2D eigenvalue weighted by Gasteiger charge is -2.17. The highest BCUT2D eigenvalue weighted by Gasteiger charge is 2.40. The van der Waals surface area contributed by atoms with Crippen LogP contribution in [0.15, 0.2) is 34.9 Å². The van der Waals surface area contributed by atoms with Crippen LogP contribution in [0.1, 0.15) is 45.3 Å². The van der Waals surface area contributed by atoms with Crippen LogP contribution in [0, 0.1) is 6.92 Å². The zero-order valence-corrected chi connectivity index (χ0v) is 15.7. The number of nitrogens with zero attached hydrogens (tertiary/aromatic N) is 3. The highest BCUT2D eigenvalue weighted by Crippen LogP contribution is 2.35. The Kier molecular flexibility index (Phi) is 4.21. The predicted molar refractivity (Wildman–Crippen MR) is 95.4 cm³/mol. The first-order valence-corrected chi connectivity index (χ1v) is 9.06. The molecule has 0 radical (unpaired) electrons. The molecule has 4 rings (SSSR count). The van der Waals surface area contributed by atoms with Gasteiger partial charge in [0, 0.05) is 6.20 Å². The molecule has 2 aromatic heterocycles. The Morgan fingerprint density at radius 3 is 2.81 bits per heavy atom. The van der Waals surface area contributed by atoms with E-state index in [9.17, 15) is 18.0 Å². The summed E-state index contributed by atoms with van der Waals surface area (Å²) >= 11 is 3.19. The second-order valence-electron chi connectivity index (χ2n) is 6.42. The molecule has 27 heavy (non-hydrogen) atoms. The molecule has 3 aromatic rings. The Hall–Kier alpha value is -2.42. The maximum atomic E-state index is 13.7. The van der Waals surface area contributed by atoms with Crippen LogP contribution in [0.5, 0.6) is 0 Å². The summed E-state index contributed by atoms with van der Waals surface area (Å²) in [5.41, 5.74) is 0.725. The summed E-state index contributed by atoms with van der Waals surface area (Å²) in [6.45, 7) is 1.56. The molecular formula is C18H14BrF3N4O. The fourth-order valence-electron chi connectivity index (χ4n) is 3.45. The third kappa shape index (κ3) is 2.99. The van der Waals surface area contributed by atoms with Crippen LogP contribution in [-0.4, -0.2) is 20.5 Å². The van der Waals surface area contributed by atoms with Gasteiger partial charge in [-0.05, 0) is 46.8 Å². The first-order valence-electron chi connectivity index (χ1n) is 8.27. The van der Waals surface area contributed by atoms with Crippen molar-refractivity contribution in [2.45, 2.75) is 32.0 Å². The van der Waals surface area contributed by atoms with Crippen molar-refractivity contribution in [3.8, 4) is 0 Å². The molecule has 1 aliphatic rings. The highest BCUT2D eigenvalue weighted by atomic mass is 79.9. The van der Waals surface area contributed by atoms with Gasteiger partial charge in [-0.25, -0.2) is 9.50 Å². The molecule has 1 unspecified atom stereocenters. The Labute approximate surface area is 160 Å². The SMILES string of the molecule is Cc1nn2c(C(F)(F)F)c(C(=O)NC3CCc4ccccc43)cnc2c1Br. The minimum atomic E-state index is -4.76. The molecule has 0 fully saturated rings. The van der Waals surface area contributed by atoms with Crippen LogP contribution < -0.4 is 5.32 Å². The van der Waals surface area contributed by atoms with Crippen molar-refractivity contribution in [2.75, 3.05) is 0 Å². The minimum Gasteiger partial charge on any atom is -0.345 e. The fourth-order valence-corrected chi connectivity index (χ4v) is 3.80. The van der Waals surface area contributed by atoms with Gasteiger partial charge < -0.3 is 5.32 Å². The Morgan fingerprint density at radius 2 is 2.07 bits per heavy atom. The van der Waals surface area contributed by atoms with E-state index < -0.39 is 23.3 Å². The van der Waals surface area contributed by atoms with Crippen LogP contribution in [-0.2, 0) is 12.6 Å². The van der Waals surface area contributed by atoms with Crippen molar-refractivity contribution in [3.05, 3.63) is 63.0 Å². The van der Waals surface area contributed by atoms with E-state index in [0.29, 0.717) is 21.1 Å². The number of hydrogen-bond donors (Lipinski definition) is 1. The summed E-state index contributed by atoms with van der Waals surface area (Å²) in [5, 5.41) is 6.62. The smallest absolute Gasteiger partial charge is 0.345 e. The summed E-state index contributed by atoms with van der Waals surface area (Å²) in [6.07, 6.45) is -2.38. The van der Waals surface area contributed by atoms with E-state index in [-0.39, 0.29) is 11.7 Å². The number of carbonyl (C=O) groups excluding carboxylic acids is 1. The molecule has 140 valence electrons. The Morgan fingerprint density at radius 1 is 1.33 bits per heavy atom. The molecule has 9 heteroatoms. The van der Waals surface area contributed by atoms with Crippen molar-refractivity contribution < 1.29 is 18.0 Å². The molecule has 0 spiro atoms. The first-order chi connectivity index (χ1) is 12.8. The molecule has 0 saturated carbocycles. The average molecular weight is 439 g/mol. The molecule has 5 nitrogen and oxygen atoms in total. The molecule has 1 amide bonds. The first kappa shape index (κ1) is 18.0. The topological polar surface area (TPSA) is 59.3 Å². The molecule has 2 heterocycles. The number of benzene rings is 1. The monoisotopic (exact) mass is 438 g/mol. The molecule has 1 N–H and O–H groups in total. The average Bonchev–Trinajstić information content (AvgIpc) is 3.15. The Balaban J connectivity index is 1.76. The standard InChI is InChI=1S/C18H14BrF3N4O/c1-9-14(19)16-23-8-12(15(18(20,21)22)26(16)25-9)17(27)24-13-7-6-10-4-2-3-5-11(10)13/h2-5,8,13H,6-7H2,1H3,(H,24,27). The van der Waals surface area contributed by atoms with Crippen LogP contribution in [0.3, 0.4) is 0 Å². The van der Waals surface area contributed by atoms with E-state index in [1.54, 1.807) is 6.92 Å². The maximum Gasteiger partial charge on any atom is 0.434 e. The predicted octanol–water partition coefficient (Wildman–Crippen LogP) is 4.24. The van der Waals surface area contributed by atoms with E-state index in [1.807, 2.05) is 24.3 Å². The van der Waals surface area contributed by atoms with Gasteiger partial charge >= 0.3 is 6.18 Å². The van der Waals surface area contributed by atoms with Crippen molar-refractivity contribution in [1.82, 2.24) is 19.9 Å². The van der Waals surface area contributed by atoms with Crippen LogP contribution in [0.4, 0.5) is 13.2 Å². The summed E-state index contributed by atoms with van der Waals surface area (Å²) in [6, 6.07) is 7.27. The summed E-state index contributed by atoms with van der Waals surface area (Å²) in [5.74, 6) is -0.817. The highest BCUT2D eigenvalue weighted by molar-refractivity contribution is 9.10. The van der Waals surface area contributed by atoms with Gasteiger partial charge in [-0.15, -0.1) is 0 Å². The quantitative estimate of drug-likeness (QED) is 0.650. The molecule has 0 bridgehead atoms. The third-order valence-corrected chi connectivity index (χ3v) is 5.63. The van der Waals surface area contributed by atoms with Crippen LogP contribution in [0.2, 0.25) is 0 Å². The number of fused-ring (bicyclic) bond motifs is 2. The lowest BCUT2D eigenvalue weighted by molar-refractivity contribution is -0.143. The Bertz CT molecular complexity index is 1060. The van der Waals surface area contributed by atoms with Gasteiger partial charge in [-0.1, -0.05) is 24.3 Å². The molecule has 1 atom stereocenters. The zero-order chi connectivity index (χ0) is 19.3. The van der Waals surface area contributed by atoms with Gasteiger partial charge in [0.1, 0.15) is 0 Å². The summed E-state index contributed by atoms with van der Waals surface area (Å²) < 4.78 is 42.3. The lowest BCUT2D eigenvalue weighted by atomic mass is 10.1. The summed E-state index contributed by atoms with van der Waals surface area (Å²) in [7, 11) is 0. The van der Waals surface area contributed by atoms with E-state index in [2.05, 4.69) is 31.3 Å². The van der Waals surface area contributed by atoms with Gasteiger partial charge in [0.2, 0.25) is 0 Å². The molecule has 1 aliphatic carbocycles. The fraction of sp³-hybridized carbons (Fsp3) is 0.278. The maximum absolute atomic E-state index is 13.7. The number of aromatic nitrogens is 3. The number of carbonyl (C=O) groups is 1. The zero-order valence-electron chi connectivity index (χ0n) is 14.1. The number of amides is 1. The normalized spacial score (nSPS) is 16.6. The van der Waals surface area contributed by atoms with Gasteiger partial charge in [-0.2, -0.15) is 18.3 Å². The van der Waals surface area contributed by atoms with E-state index in [4.69, 9.17) is 0 Å². The molecule has 1 aromatic carbocycles. The van der Waals surface area contributed by atoms with Crippen molar-refractivity contribution in [3.63, 3.8) is 0 Å². The summed E-state index contributed by atoms with van der Waals surface area (Å²) in [4.78, 5) is 16.7. The number of aryl methyl sites for hydroxylation is 2. The molecular weight excluding hydrogens is 425 g/mol. The van der Waals surface area contributed by atoms with Crippen LogP contribution in [0.25, 0.3) is 5.65 Å². The van der Waals surface area contributed by atoms with Crippen molar-refractivity contribution in [1.29, 1.82) is 0 Å². The number of hydrogen-bond acceptors (Lipinski definition) is 3. The van der Waals surface area contributed by atoms with Crippen molar-refractivity contribution in [2.24, 2.45) is 0 Å². The van der Waals surface area contributed by atoms with E-state index in [0.717, 1.165) is 23.7 Å². The number of nitrogens with one attached hydrogen (secondary N) is 1. The number of alkyl halides is 3. The van der Waals surface area contributed by atoms with E-state index in [1.165, 1.54) is 0 Å². The number of rotatable bonds is 2.